The SMILES string of the molecule is CCOC(=O)C(C)NC(=O)c1sccc1C. The van der Waals surface area contributed by atoms with Gasteiger partial charge in [-0.1, -0.05) is 0 Å². The van der Waals surface area contributed by atoms with E-state index >= 15 is 0 Å². The zero-order valence-electron chi connectivity index (χ0n) is 9.57. The van der Waals surface area contributed by atoms with Crippen molar-refractivity contribution in [1.29, 1.82) is 0 Å². The summed E-state index contributed by atoms with van der Waals surface area (Å²) in [6, 6.07) is 1.25. The third-order valence-corrected chi connectivity index (χ3v) is 3.07. The van der Waals surface area contributed by atoms with Gasteiger partial charge in [-0.25, -0.2) is 4.79 Å². The van der Waals surface area contributed by atoms with Crippen LogP contribution in [0.2, 0.25) is 0 Å². The van der Waals surface area contributed by atoms with E-state index in [9.17, 15) is 9.59 Å². The topological polar surface area (TPSA) is 55.4 Å². The molecular formula is C11H15NO3S. The third-order valence-electron chi connectivity index (χ3n) is 2.06. The van der Waals surface area contributed by atoms with Crippen LogP contribution in [0.1, 0.15) is 29.1 Å². The van der Waals surface area contributed by atoms with Crippen LogP contribution in [0.3, 0.4) is 0 Å². The number of carbonyl (C=O) groups excluding carboxylic acids is 2. The third kappa shape index (κ3) is 3.06. The van der Waals surface area contributed by atoms with Crippen LogP contribution in [0, 0.1) is 6.92 Å². The Morgan fingerprint density at radius 2 is 2.25 bits per heavy atom. The van der Waals surface area contributed by atoms with Crippen LogP contribution < -0.4 is 5.32 Å². The van der Waals surface area contributed by atoms with Gasteiger partial charge in [-0.2, -0.15) is 0 Å². The normalized spacial score (nSPS) is 11.9. The number of nitrogens with one attached hydrogen (secondary N) is 1. The van der Waals surface area contributed by atoms with Crippen molar-refractivity contribution in [2.75, 3.05) is 6.61 Å². The molecule has 88 valence electrons. The molecule has 0 fully saturated rings. The highest BCUT2D eigenvalue weighted by molar-refractivity contribution is 7.12. The summed E-state index contributed by atoms with van der Waals surface area (Å²) in [6.07, 6.45) is 0. The summed E-state index contributed by atoms with van der Waals surface area (Å²) in [5.74, 6) is -0.641. The molecule has 1 aromatic heterocycles. The number of ether oxygens (including phenoxy) is 1. The van der Waals surface area contributed by atoms with Gasteiger partial charge in [0.1, 0.15) is 6.04 Å². The minimum absolute atomic E-state index is 0.229. The Balaban J connectivity index is 2.58. The summed E-state index contributed by atoms with van der Waals surface area (Å²) in [5, 5.41) is 4.45. The highest BCUT2D eigenvalue weighted by Gasteiger charge is 2.18. The van der Waals surface area contributed by atoms with E-state index in [-0.39, 0.29) is 5.91 Å². The molecule has 0 spiro atoms. The minimum atomic E-state index is -0.617. The molecule has 16 heavy (non-hydrogen) atoms. The van der Waals surface area contributed by atoms with Gasteiger partial charge < -0.3 is 10.1 Å². The largest absolute Gasteiger partial charge is 0.464 e. The highest BCUT2D eigenvalue weighted by atomic mass is 32.1. The van der Waals surface area contributed by atoms with Crippen molar-refractivity contribution in [3.8, 4) is 0 Å². The van der Waals surface area contributed by atoms with Crippen molar-refractivity contribution >= 4 is 23.2 Å². The number of esters is 1. The fraction of sp³-hybridized carbons (Fsp3) is 0.455. The van der Waals surface area contributed by atoms with Crippen molar-refractivity contribution in [2.45, 2.75) is 26.8 Å². The molecule has 0 aliphatic carbocycles. The maximum absolute atomic E-state index is 11.7. The van der Waals surface area contributed by atoms with Gasteiger partial charge >= 0.3 is 5.97 Å². The molecule has 0 radical (unpaired) electrons. The molecule has 0 aliphatic heterocycles. The summed E-state index contributed by atoms with van der Waals surface area (Å²) in [4.78, 5) is 23.7. The summed E-state index contributed by atoms with van der Waals surface area (Å²) < 4.78 is 4.80. The van der Waals surface area contributed by atoms with Crippen LogP contribution in [0.25, 0.3) is 0 Å². The lowest BCUT2D eigenvalue weighted by molar-refractivity contribution is -0.144. The summed E-state index contributed by atoms with van der Waals surface area (Å²) >= 11 is 1.36. The minimum Gasteiger partial charge on any atom is -0.464 e. The maximum atomic E-state index is 11.7. The predicted octanol–water partition coefficient (Wildman–Crippen LogP) is 1.74. The first-order valence-electron chi connectivity index (χ1n) is 5.07. The lowest BCUT2D eigenvalue weighted by Gasteiger charge is -2.12. The van der Waals surface area contributed by atoms with Crippen LogP contribution >= 0.6 is 11.3 Å². The number of hydrogen-bond donors (Lipinski definition) is 1. The molecule has 1 rings (SSSR count). The first-order valence-corrected chi connectivity index (χ1v) is 5.95. The second kappa shape index (κ2) is 5.65. The Bertz CT molecular complexity index is 386. The van der Waals surface area contributed by atoms with Gasteiger partial charge in [0.25, 0.3) is 5.91 Å². The standard InChI is InChI=1S/C11H15NO3S/c1-4-15-11(14)8(3)12-10(13)9-7(2)5-6-16-9/h5-6,8H,4H2,1-3H3,(H,12,13). The van der Waals surface area contributed by atoms with Gasteiger partial charge in [-0.3, -0.25) is 4.79 Å². The monoisotopic (exact) mass is 241 g/mol. The lowest BCUT2D eigenvalue weighted by Crippen LogP contribution is -2.39. The molecule has 0 aromatic carbocycles. The van der Waals surface area contributed by atoms with Crippen molar-refractivity contribution in [1.82, 2.24) is 5.32 Å². The van der Waals surface area contributed by atoms with Crippen molar-refractivity contribution < 1.29 is 14.3 Å². The molecule has 0 saturated carbocycles. The first-order chi connectivity index (χ1) is 7.56. The van der Waals surface area contributed by atoms with E-state index in [1.54, 1.807) is 13.8 Å². The van der Waals surface area contributed by atoms with E-state index in [4.69, 9.17) is 4.74 Å². The first kappa shape index (κ1) is 12.7. The number of amides is 1. The zero-order chi connectivity index (χ0) is 12.1. The molecule has 1 unspecified atom stereocenters. The van der Waals surface area contributed by atoms with Crippen LogP contribution in [0.15, 0.2) is 11.4 Å². The Labute approximate surface area is 98.6 Å². The molecule has 1 aromatic rings. The molecule has 1 atom stereocenters. The second-order valence-electron chi connectivity index (χ2n) is 3.38. The van der Waals surface area contributed by atoms with E-state index in [1.807, 2.05) is 18.4 Å². The Morgan fingerprint density at radius 1 is 1.56 bits per heavy atom. The number of aryl methyl sites for hydroxylation is 1. The van der Waals surface area contributed by atoms with Crippen LogP contribution in [-0.4, -0.2) is 24.5 Å². The maximum Gasteiger partial charge on any atom is 0.328 e. The molecule has 1 amide bonds. The Kier molecular flexibility index (Phi) is 4.49. The van der Waals surface area contributed by atoms with Gasteiger partial charge in [-0.05, 0) is 37.8 Å². The van der Waals surface area contributed by atoms with Crippen molar-refractivity contribution in [3.05, 3.63) is 21.9 Å². The molecule has 0 bridgehead atoms. The molecule has 4 nitrogen and oxygen atoms in total. The molecule has 0 saturated heterocycles. The molecule has 5 heteroatoms. The number of rotatable bonds is 4. The lowest BCUT2D eigenvalue weighted by atomic mass is 10.2. The van der Waals surface area contributed by atoms with E-state index in [0.29, 0.717) is 11.5 Å². The van der Waals surface area contributed by atoms with Gasteiger partial charge in [0, 0.05) is 0 Å². The molecular weight excluding hydrogens is 226 g/mol. The second-order valence-corrected chi connectivity index (χ2v) is 4.30. The summed E-state index contributed by atoms with van der Waals surface area (Å²) in [7, 11) is 0. The Hall–Kier alpha value is -1.36. The van der Waals surface area contributed by atoms with Crippen LogP contribution in [-0.2, 0) is 9.53 Å². The number of hydrogen-bond acceptors (Lipinski definition) is 4. The number of thiophene rings is 1. The number of carbonyl (C=O) groups is 2. The summed E-state index contributed by atoms with van der Waals surface area (Å²) in [6.45, 7) is 5.52. The van der Waals surface area contributed by atoms with Crippen molar-refractivity contribution in [2.24, 2.45) is 0 Å². The quantitative estimate of drug-likeness (QED) is 0.817. The summed E-state index contributed by atoms with van der Waals surface area (Å²) in [5.41, 5.74) is 0.915. The van der Waals surface area contributed by atoms with Crippen LogP contribution in [0.4, 0.5) is 0 Å². The molecule has 1 heterocycles. The molecule has 0 aliphatic rings. The van der Waals surface area contributed by atoms with Gasteiger partial charge in [0.2, 0.25) is 0 Å². The van der Waals surface area contributed by atoms with E-state index < -0.39 is 12.0 Å². The van der Waals surface area contributed by atoms with E-state index in [0.717, 1.165) is 5.56 Å². The van der Waals surface area contributed by atoms with Crippen molar-refractivity contribution in [3.63, 3.8) is 0 Å². The van der Waals surface area contributed by atoms with Gasteiger partial charge in [0.15, 0.2) is 0 Å². The highest BCUT2D eigenvalue weighted by Crippen LogP contribution is 2.15. The van der Waals surface area contributed by atoms with E-state index in [2.05, 4.69) is 5.32 Å². The average molecular weight is 241 g/mol. The fourth-order valence-electron chi connectivity index (χ4n) is 1.19. The van der Waals surface area contributed by atoms with Crippen LogP contribution in [0.5, 0.6) is 0 Å². The Morgan fingerprint density at radius 3 is 2.75 bits per heavy atom. The van der Waals surface area contributed by atoms with Gasteiger partial charge in [0.05, 0.1) is 11.5 Å². The zero-order valence-corrected chi connectivity index (χ0v) is 10.4. The smallest absolute Gasteiger partial charge is 0.328 e. The fourth-order valence-corrected chi connectivity index (χ4v) is 2.02. The average Bonchev–Trinajstić information content (AvgIpc) is 2.64. The predicted molar refractivity (Wildman–Crippen MR) is 62.6 cm³/mol. The molecule has 1 N–H and O–H groups in total. The van der Waals surface area contributed by atoms with Gasteiger partial charge in [-0.15, -0.1) is 11.3 Å². The van der Waals surface area contributed by atoms with E-state index in [1.165, 1.54) is 11.3 Å².